The summed E-state index contributed by atoms with van der Waals surface area (Å²) in [6.45, 7) is 1.37. The molecule has 0 aromatic heterocycles. The topological polar surface area (TPSA) is 29.5 Å². The maximum Gasteiger partial charge on any atom is 0.238 e. The minimum Gasteiger partial charge on any atom is -0.494 e. The number of hydrogen-bond donors (Lipinski definition) is 0. The van der Waals surface area contributed by atoms with Gasteiger partial charge in [-0.25, -0.2) is 0 Å². The maximum atomic E-state index is 11.7. The summed E-state index contributed by atoms with van der Waals surface area (Å²) in [7, 11) is 0. The van der Waals surface area contributed by atoms with Crippen LogP contribution in [0.5, 0.6) is 5.75 Å². The van der Waals surface area contributed by atoms with E-state index < -0.39 is 0 Å². The third kappa shape index (κ3) is 5.31. The average molecular weight is 372 g/mol. The van der Waals surface area contributed by atoms with Crippen molar-refractivity contribution in [2.75, 3.05) is 18.9 Å². The number of thiocarbonyl (C=S) groups is 1. The van der Waals surface area contributed by atoms with Gasteiger partial charge in [-0.05, 0) is 42.5 Å². The number of carbonyl (C=O) groups is 1. The number of amides is 1. The van der Waals surface area contributed by atoms with E-state index in [0.717, 1.165) is 25.0 Å². The second-order valence-electron chi connectivity index (χ2n) is 5.93. The van der Waals surface area contributed by atoms with Crippen LogP contribution in [-0.2, 0) is 17.6 Å². The van der Waals surface area contributed by atoms with Crippen molar-refractivity contribution in [3.8, 4) is 5.75 Å². The van der Waals surface area contributed by atoms with E-state index in [1.54, 1.807) is 4.90 Å². The lowest BCUT2D eigenvalue weighted by molar-refractivity contribution is -0.123. The van der Waals surface area contributed by atoms with E-state index in [2.05, 4.69) is 36.4 Å². The molecular formula is C20H21NO2S2. The lowest BCUT2D eigenvalue weighted by Gasteiger charge is -2.14. The summed E-state index contributed by atoms with van der Waals surface area (Å²) in [6.07, 6.45) is 2.83. The van der Waals surface area contributed by atoms with Gasteiger partial charge in [0.05, 0.1) is 12.4 Å². The van der Waals surface area contributed by atoms with Crippen LogP contribution in [0.2, 0.25) is 0 Å². The second kappa shape index (κ2) is 9.02. The Morgan fingerprint density at radius 3 is 2.40 bits per heavy atom. The highest BCUT2D eigenvalue weighted by Crippen LogP contribution is 2.20. The van der Waals surface area contributed by atoms with Crippen molar-refractivity contribution in [1.29, 1.82) is 0 Å². The smallest absolute Gasteiger partial charge is 0.238 e. The van der Waals surface area contributed by atoms with Gasteiger partial charge >= 0.3 is 0 Å². The van der Waals surface area contributed by atoms with Crippen LogP contribution in [0.15, 0.2) is 54.6 Å². The normalized spacial score (nSPS) is 14.2. The molecule has 0 spiro atoms. The fourth-order valence-corrected chi connectivity index (χ4v) is 3.82. The van der Waals surface area contributed by atoms with Gasteiger partial charge in [0.2, 0.25) is 5.91 Å². The molecule has 1 heterocycles. The first-order chi connectivity index (χ1) is 12.2. The Hall–Kier alpha value is -1.85. The van der Waals surface area contributed by atoms with Gasteiger partial charge in [0.25, 0.3) is 0 Å². The highest BCUT2D eigenvalue weighted by Gasteiger charge is 2.25. The summed E-state index contributed by atoms with van der Waals surface area (Å²) in [5.41, 5.74) is 2.53. The van der Waals surface area contributed by atoms with Crippen LogP contribution in [0.1, 0.15) is 17.5 Å². The first-order valence-corrected chi connectivity index (χ1v) is 9.84. The van der Waals surface area contributed by atoms with E-state index in [1.807, 2.05) is 18.2 Å². The Morgan fingerprint density at radius 1 is 1.00 bits per heavy atom. The van der Waals surface area contributed by atoms with Crippen molar-refractivity contribution in [2.45, 2.75) is 19.3 Å². The predicted octanol–water partition coefficient (Wildman–Crippen LogP) is 4.10. The zero-order valence-corrected chi connectivity index (χ0v) is 15.7. The summed E-state index contributed by atoms with van der Waals surface area (Å²) in [6, 6.07) is 18.6. The van der Waals surface area contributed by atoms with Gasteiger partial charge in [0.15, 0.2) is 0 Å². The van der Waals surface area contributed by atoms with Gasteiger partial charge in [0, 0.05) is 6.54 Å². The van der Waals surface area contributed by atoms with Crippen LogP contribution in [-0.4, -0.2) is 34.0 Å². The minimum absolute atomic E-state index is 0.119. The van der Waals surface area contributed by atoms with Gasteiger partial charge in [-0.3, -0.25) is 9.69 Å². The van der Waals surface area contributed by atoms with Crippen molar-refractivity contribution in [1.82, 2.24) is 4.90 Å². The number of hydrogen-bond acceptors (Lipinski definition) is 4. The van der Waals surface area contributed by atoms with Gasteiger partial charge < -0.3 is 4.74 Å². The van der Waals surface area contributed by atoms with E-state index in [0.29, 0.717) is 23.2 Å². The second-order valence-corrected chi connectivity index (χ2v) is 7.54. The predicted molar refractivity (Wildman–Crippen MR) is 107 cm³/mol. The van der Waals surface area contributed by atoms with Crippen molar-refractivity contribution in [3.63, 3.8) is 0 Å². The third-order valence-corrected chi connectivity index (χ3v) is 5.54. The van der Waals surface area contributed by atoms with E-state index in [-0.39, 0.29) is 5.91 Å². The maximum absolute atomic E-state index is 11.7. The molecule has 0 bridgehead atoms. The summed E-state index contributed by atoms with van der Waals surface area (Å²) < 4.78 is 6.50. The Balaban J connectivity index is 1.40. The Bertz CT molecular complexity index is 700. The molecule has 1 fully saturated rings. The zero-order valence-electron chi connectivity index (χ0n) is 14.0. The molecule has 0 N–H and O–H groups in total. The molecule has 25 heavy (non-hydrogen) atoms. The molecule has 0 atom stereocenters. The molecule has 130 valence electrons. The fourth-order valence-electron chi connectivity index (χ4n) is 2.70. The van der Waals surface area contributed by atoms with Crippen molar-refractivity contribution in [2.24, 2.45) is 0 Å². The first-order valence-electron chi connectivity index (χ1n) is 8.45. The number of carbonyl (C=O) groups excluding carboxylic acids is 1. The quantitative estimate of drug-likeness (QED) is 0.516. The first kappa shape index (κ1) is 18.0. The highest BCUT2D eigenvalue weighted by atomic mass is 32.2. The molecule has 3 nitrogen and oxygen atoms in total. The van der Waals surface area contributed by atoms with Crippen LogP contribution in [0.25, 0.3) is 0 Å². The molecule has 2 aromatic rings. The van der Waals surface area contributed by atoms with Gasteiger partial charge in [-0.2, -0.15) is 0 Å². The van der Waals surface area contributed by atoms with Crippen LogP contribution >= 0.6 is 24.0 Å². The third-order valence-electron chi connectivity index (χ3n) is 4.11. The lowest BCUT2D eigenvalue weighted by Crippen LogP contribution is -2.30. The molecule has 0 aliphatic carbocycles. The van der Waals surface area contributed by atoms with E-state index in [9.17, 15) is 4.79 Å². The van der Waals surface area contributed by atoms with E-state index in [1.165, 1.54) is 22.9 Å². The van der Waals surface area contributed by atoms with Gasteiger partial charge in [0.1, 0.15) is 10.1 Å². The zero-order chi connectivity index (χ0) is 17.5. The molecule has 3 rings (SSSR count). The minimum atomic E-state index is 0.119. The Kier molecular flexibility index (Phi) is 6.48. The molecule has 1 amide bonds. The summed E-state index contributed by atoms with van der Waals surface area (Å²) in [5.74, 6) is 1.49. The molecule has 1 aliphatic rings. The van der Waals surface area contributed by atoms with Gasteiger partial charge in [-0.1, -0.05) is 66.4 Å². The highest BCUT2D eigenvalue weighted by molar-refractivity contribution is 8.23. The monoisotopic (exact) mass is 371 g/mol. The molecule has 1 aliphatic heterocycles. The lowest BCUT2D eigenvalue weighted by atomic mass is 10.1. The number of ether oxygens (including phenoxy) is 1. The van der Waals surface area contributed by atoms with Crippen LogP contribution in [0, 0.1) is 0 Å². The van der Waals surface area contributed by atoms with Crippen LogP contribution < -0.4 is 4.74 Å². The Labute approximate surface area is 158 Å². The van der Waals surface area contributed by atoms with Crippen LogP contribution in [0.4, 0.5) is 0 Å². The molecular weight excluding hydrogens is 350 g/mol. The average Bonchev–Trinajstić information content (AvgIpc) is 2.97. The van der Waals surface area contributed by atoms with Crippen molar-refractivity contribution < 1.29 is 9.53 Å². The van der Waals surface area contributed by atoms with Crippen molar-refractivity contribution in [3.05, 3.63) is 65.7 Å². The van der Waals surface area contributed by atoms with Crippen LogP contribution in [0.3, 0.4) is 0 Å². The number of thioether (sulfide) groups is 1. The summed E-state index contributed by atoms with van der Waals surface area (Å²) in [5, 5.41) is 0. The number of rotatable bonds is 8. The molecule has 1 saturated heterocycles. The summed E-state index contributed by atoms with van der Waals surface area (Å²) in [4.78, 5) is 13.4. The standard InChI is InChI=1S/C20H21NO2S2/c22-19-15-25-20(24)21(19)13-12-17-8-10-18(11-9-17)23-14-4-7-16-5-2-1-3-6-16/h1-3,5-6,8-11H,4,7,12-15H2. The molecule has 5 heteroatoms. The fraction of sp³-hybridized carbons (Fsp3) is 0.300. The summed E-state index contributed by atoms with van der Waals surface area (Å²) >= 11 is 6.64. The molecule has 0 saturated carbocycles. The van der Waals surface area contributed by atoms with E-state index >= 15 is 0 Å². The molecule has 0 unspecified atom stereocenters. The van der Waals surface area contributed by atoms with E-state index in [4.69, 9.17) is 17.0 Å². The molecule has 0 radical (unpaired) electrons. The number of benzene rings is 2. The SMILES string of the molecule is O=C1CSC(=S)N1CCc1ccc(OCCCc2ccccc2)cc1. The number of nitrogens with zero attached hydrogens (tertiary/aromatic N) is 1. The largest absolute Gasteiger partial charge is 0.494 e. The molecule has 2 aromatic carbocycles. The number of aryl methyl sites for hydroxylation is 1. The van der Waals surface area contributed by atoms with Gasteiger partial charge in [-0.15, -0.1) is 0 Å². The van der Waals surface area contributed by atoms with Crippen molar-refractivity contribution >= 4 is 34.2 Å². The Morgan fingerprint density at radius 2 is 1.72 bits per heavy atom.